The Labute approximate surface area is 159 Å². The number of nitrogens with one attached hydrogen (secondary N) is 1. The Bertz CT molecular complexity index is 978. The predicted molar refractivity (Wildman–Crippen MR) is 108 cm³/mol. The van der Waals surface area contributed by atoms with Crippen molar-refractivity contribution in [3.63, 3.8) is 0 Å². The van der Waals surface area contributed by atoms with Gasteiger partial charge in [0.05, 0.1) is 23.5 Å². The molecule has 140 valence electrons. The lowest BCUT2D eigenvalue weighted by Gasteiger charge is -2.18. The average molecular weight is 363 g/mol. The normalized spacial score (nSPS) is 14.1. The van der Waals surface area contributed by atoms with Crippen LogP contribution in [0.5, 0.6) is 0 Å². The minimum Gasteiger partial charge on any atom is -0.350 e. The van der Waals surface area contributed by atoms with E-state index in [1.807, 2.05) is 39.2 Å². The molecule has 1 aliphatic rings. The van der Waals surface area contributed by atoms with Crippen molar-refractivity contribution in [2.75, 3.05) is 23.3 Å². The van der Waals surface area contributed by atoms with E-state index in [9.17, 15) is 4.79 Å². The molecule has 6 nitrogen and oxygen atoms in total. The fraction of sp³-hybridized carbons (Fsp3) is 0.381. The van der Waals surface area contributed by atoms with Gasteiger partial charge in [-0.2, -0.15) is 0 Å². The minimum absolute atomic E-state index is 0.0462. The van der Waals surface area contributed by atoms with E-state index in [1.54, 1.807) is 0 Å². The highest BCUT2D eigenvalue weighted by Crippen LogP contribution is 2.24. The summed E-state index contributed by atoms with van der Waals surface area (Å²) in [5.41, 5.74) is 4.51. The second kappa shape index (κ2) is 7.02. The number of aryl methyl sites for hydroxylation is 3. The van der Waals surface area contributed by atoms with Crippen molar-refractivity contribution >= 4 is 28.4 Å². The van der Waals surface area contributed by atoms with Gasteiger partial charge in [-0.15, -0.1) is 0 Å². The zero-order valence-corrected chi connectivity index (χ0v) is 16.1. The van der Waals surface area contributed by atoms with E-state index >= 15 is 0 Å². The summed E-state index contributed by atoms with van der Waals surface area (Å²) in [7, 11) is 2.00. The fourth-order valence-electron chi connectivity index (χ4n) is 3.86. The molecule has 1 fully saturated rings. The minimum atomic E-state index is -0.0462. The van der Waals surface area contributed by atoms with Gasteiger partial charge < -0.3 is 14.8 Å². The third kappa shape index (κ3) is 3.39. The number of carbonyl (C=O) groups is 1. The molecule has 1 aromatic carbocycles. The average Bonchev–Trinajstić information content (AvgIpc) is 3.28. The largest absolute Gasteiger partial charge is 0.350 e. The van der Waals surface area contributed by atoms with E-state index in [2.05, 4.69) is 36.9 Å². The van der Waals surface area contributed by atoms with E-state index in [0.29, 0.717) is 6.42 Å². The quantitative estimate of drug-likeness (QED) is 0.772. The van der Waals surface area contributed by atoms with E-state index in [1.165, 1.54) is 12.8 Å². The summed E-state index contributed by atoms with van der Waals surface area (Å²) in [5, 5.41) is 4.14. The first kappa shape index (κ1) is 17.5. The maximum atomic E-state index is 12.7. The van der Waals surface area contributed by atoms with Gasteiger partial charge in [-0.25, -0.2) is 9.97 Å². The third-order valence-corrected chi connectivity index (χ3v) is 5.24. The van der Waals surface area contributed by atoms with Gasteiger partial charge in [0.1, 0.15) is 0 Å². The molecule has 0 unspecified atom stereocenters. The molecule has 0 saturated carbocycles. The first-order chi connectivity index (χ1) is 13.0. The molecule has 27 heavy (non-hydrogen) atoms. The highest BCUT2D eigenvalue weighted by atomic mass is 16.1. The number of rotatable bonds is 4. The van der Waals surface area contributed by atoms with Gasteiger partial charge in [0.2, 0.25) is 11.9 Å². The second-order valence-electron chi connectivity index (χ2n) is 7.27. The molecule has 2 aromatic heterocycles. The van der Waals surface area contributed by atoms with Crippen LogP contribution in [0, 0.1) is 13.8 Å². The molecule has 0 aliphatic carbocycles. The molecule has 1 amide bonds. The van der Waals surface area contributed by atoms with Crippen LogP contribution in [0.4, 0.5) is 11.6 Å². The Morgan fingerprint density at radius 1 is 1.11 bits per heavy atom. The molecule has 1 aliphatic heterocycles. The molecule has 0 spiro atoms. The molecule has 0 radical (unpaired) electrons. The Balaban J connectivity index is 1.54. The lowest BCUT2D eigenvalue weighted by Crippen LogP contribution is -2.23. The summed E-state index contributed by atoms with van der Waals surface area (Å²) in [4.78, 5) is 24.2. The number of aromatic nitrogens is 3. The standard InChI is InChI=1S/C21H25N5O/c1-14-20(15(2)23-21(22-14)26-10-6-7-11-26)24-19(27)12-16-13-25(3)18-9-5-4-8-17(16)18/h4-5,8-9,13H,6-7,10-12H2,1-3H3,(H,24,27). The highest BCUT2D eigenvalue weighted by Gasteiger charge is 2.19. The van der Waals surface area contributed by atoms with Crippen LogP contribution in [0.25, 0.3) is 10.9 Å². The fourth-order valence-corrected chi connectivity index (χ4v) is 3.86. The van der Waals surface area contributed by atoms with Crippen molar-refractivity contribution in [2.45, 2.75) is 33.1 Å². The Morgan fingerprint density at radius 2 is 1.78 bits per heavy atom. The van der Waals surface area contributed by atoms with Gasteiger partial charge in [0.25, 0.3) is 0 Å². The summed E-state index contributed by atoms with van der Waals surface area (Å²) in [6.07, 6.45) is 4.72. The highest BCUT2D eigenvalue weighted by molar-refractivity contribution is 5.96. The van der Waals surface area contributed by atoms with Crippen LogP contribution in [0.2, 0.25) is 0 Å². The van der Waals surface area contributed by atoms with Crippen LogP contribution in [-0.2, 0) is 18.3 Å². The van der Waals surface area contributed by atoms with E-state index in [4.69, 9.17) is 0 Å². The van der Waals surface area contributed by atoms with Crippen LogP contribution >= 0.6 is 0 Å². The van der Waals surface area contributed by atoms with Gasteiger partial charge in [0.15, 0.2) is 0 Å². The van der Waals surface area contributed by atoms with Crippen molar-refractivity contribution in [2.24, 2.45) is 7.05 Å². The lowest BCUT2D eigenvalue weighted by atomic mass is 10.1. The van der Waals surface area contributed by atoms with Crippen LogP contribution in [0.1, 0.15) is 29.8 Å². The van der Waals surface area contributed by atoms with Crippen molar-refractivity contribution in [3.8, 4) is 0 Å². The number of fused-ring (bicyclic) bond motifs is 1. The first-order valence-corrected chi connectivity index (χ1v) is 9.46. The third-order valence-electron chi connectivity index (χ3n) is 5.24. The zero-order valence-electron chi connectivity index (χ0n) is 16.1. The Kier molecular flexibility index (Phi) is 4.56. The first-order valence-electron chi connectivity index (χ1n) is 9.46. The number of anilines is 2. The second-order valence-corrected chi connectivity index (χ2v) is 7.27. The van der Waals surface area contributed by atoms with E-state index < -0.39 is 0 Å². The smallest absolute Gasteiger partial charge is 0.228 e. The number of benzene rings is 1. The maximum Gasteiger partial charge on any atom is 0.228 e. The zero-order chi connectivity index (χ0) is 19.0. The number of para-hydroxylation sites is 1. The topological polar surface area (TPSA) is 63.1 Å². The van der Waals surface area contributed by atoms with Crippen LogP contribution < -0.4 is 10.2 Å². The summed E-state index contributed by atoms with van der Waals surface area (Å²) >= 11 is 0. The number of carbonyl (C=O) groups excluding carboxylic acids is 1. The molecule has 3 heterocycles. The number of nitrogens with zero attached hydrogens (tertiary/aromatic N) is 4. The molecule has 3 aromatic rings. The molecular weight excluding hydrogens is 338 g/mol. The lowest BCUT2D eigenvalue weighted by molar-refractivity contribution is -0.115. The SMILES string of the molecule is Cc1nc(N2CCCC2)nc(C)c1NC(=O)Cc1cn(C)c2ccccc12. The van der Waals surface area contributed by atoms with Gasteiger partial charge in [-0.05, 0) is 38.3 Å². The number of hydrogen-bond acceptors (Lipinski definition) is 4. The summed E-state index contributed by atoms with van der Waals surface area (Å²) in [6, 6.07) is 8.14. The van der Waals surface area contributed by atoms with Crippen molar-refractivity contribution in [1.82, 2.24) is 14.5 Å². The van der Waals surface area contributed by atoms with Gasteiger partial charge in [-0.3, -0.25) is 4.79 Å². The molecule has 6 heteroatoms. The molecule has 0 atom stereocenters. The van der Waals surface area contributed by atoms with Crippen molar-refractivity contribution in [3.05, 3.63) is 47.4 Å². The number of hydrogen-bond donors (Lipinski definition) is 1. The predicted octanol–water partition coefficient (Wildman–Crippen LogP) is 3.37. The van der Waals surface area contributed by atoms with Gasteiger partial charge >= 0.3 is 0 Å². The maximum absolute atomic E-state index is 12.7. The van der Waals surface area contributed by atoms with E-state index in [-0.39, 0.29) is 5.91 Å². The molecule has 1 N–H and O–H groups in total. The monoisotopic (exact) mass is 363 g/mol. The Morgan fingerprint density at radius 3 is 2.48 bits per heavy atom. The summed E-state index contributed by atoms with van der Waals surface area (Å²) in [6.45, 7) is 5.88. The molecular formula is C21H25N5O. The molecule has 0 bridgehead atoms. The van der Waals surface area contributed by atoms with Crippen LogP contribution in [-0.4, -0.2) is 33.5 Å². The summed E-state index contributed by atoms with van der Waals surface area (Å²) < 4.78 is 2.06. The Hall–Kier alpha value is -2.89. The van der Waals surface area contributed by atoms with Gasteiger partial charge in [-0.1, -0.05) is 18.2 Å². The molecule has 4 rings (SSSR count). The van der Waals surface area contributed by atoms with Gasteiger partial charge in [0, 0.05) is 37.2 Å². The summed E-state index contributed by atoms with van der Waals surface area (Å²) in [5.74, 6) is 0.727. The number of amides is 1. The van der Waals surface area contributed by atoms with Crippen LogP contribution in [0.15, 0.2) is 30.5 Å². The van der Waals surface area contributed by atoms with E-state index in [0.717, 1.165) is 52.6 Å². The van der Waals surface area contributed by atoms with Crippen molar-refractivity contribution in [1.29, 1.82) is 0 Å². The van der Waals surface area contributed by atoms with Crippen molar-refractivity contribution < 1.29 is 4.79 Å². The molecule has 1 saturated heterocycles. The van der Waals surface area contributed by atoms with Crippen LogP contribution in [0.3, 0.4) is 0 Å².